The van der Waals surface area contributed by atoms with Crippen LogP contribution in [0, 0.1) is 0 Å². The molecule has 94 valence electrons. The fraction of sp³-hybridized carbons (Fsp3) is 0.200. The SMILES string of the molecule is OCC(COc1ccccc1)c1ccc(Cl)cc1. The van der Waals surface area contributed by atoms with E-state index in [4.69, 9.17) is 16.3 Å². The van der Waals surface area contributed by atoms with E-state index >= 15 is 0 Å². The molecule has 2 aromatic rings. The topological polar surface area (TPSA) is 29.5 Å². The number of rotatable bonds is 5. The first-order chi connectivity index (χ1) is 8.79. The molecule has 2 rings (SSSR count). The number of aliphatic hydroxyl groups excluding tert-OH is 1. The van der Waals surface area contributed by atoms with Crippen LogP contribution in [-0.2, 0) is 0 Å². The Morgan fingerprint density at radius 3 is 2.28 bits per heavy atom. The molecular formula is C15H15ClO2. The lowest BCUT2D eigenvalue weighted by molar-refractivity contribution is 0.205. The zero-order valence-corrected chi connectivity index (χ0v) is 10.7. The second-order valence-electron chi connectivity index (χ2n) is 4.06. The Labute approximate surface area is 112 Å². The molecule has 0 aromatic heterocycles. The van der Waals surface area contributed by atoms with E-state index in [0.717, 1.165) is 11.3 Å². The van der Waals surface area contributed by atoms with Gasteiger partial charge in [0, 0.05) is 10.9 Å². The monoisotopic (exact) mass is 262 g/mol. The molecule has 18 heavy (non-hydrogen) atoms. The van der Waals surface area contributed by atoms with Crippen LogP contribution in [0.4, 0.5) is 0 Å². The highest BCUT2D eigenvalue weighted by molar-refractivity contribution is 6.30. The summed E-state index contributed by atoms with van der Waals surface area (Å²) >= 11 is 5.84. The summed E-state index contributed by atoms with van der Waals surface area (Å²) in [6.07, 6.45) is 0. The third-order valence-corrected chi connectivity index (χ3v) is 3.01. The fourth-order valence-electron chi connectivity index (χ4n) is 1.70. The average molecular weight is 263 g/mol. The first-order valence-corrected chi connectivity index (χ1v) is 6.21. The standard InChI is InChI=1S/C15H15ClO2/c16-14-8-6-12(7-9-14)13(10-17)11-18-15-4-2-1-3-5-15/h1-9,13,17H,10-11H2. The van der Waals surface area contributed by atoms with Gasteiger partial charge in [0.1, 0.15) is 5.75 Å². The van der Waals surface area contributed by atoms with Crippen molar-refractivity contribution in [1.29, 1.82) is 0 Å². The zero-order chi connectivity index (χ0) is 12.8. The van der Waals surface area contributed by atoms with Gasteiger partial charge in [-0.1, -0.05) is 41.9 Å². The van der Waals surface area contributed by atoms with Gasteiger partial charge in [-0.3, -0.25) is 0 Å². The van der Waals surface area contributed by atoms with Gasteiger partial charge in [-0.05, 0) is 29.8 Å². The molecule has 0 spiro atoms. The van der Waals surface area contributed by atoms with E-state index < -0.39 is 0 Å². The molecule has 0 radical (unpaired) electrons. The third-order valence-electron chi connectivity index (χ3n) is 2.76. The van der Waals surface area contributed by atoms with Crippen LogP contribution in [0.3, 0.4) is 0 Å². The van der Waals surface area contributed by atoms with Gasteiger partial charge in [-0.2, -0.15) is 0 Å². The Morgan fingerprint density at radius 1 is 1.00 bits per heavy atom. The van der Waals surface area contributed by atoms with Crippen molar-refractivity contribution in [2.45, 2.75) is 5.92 Å². The van der Waals surface area contributed by atoms with Crippen LogP contribution in [0.1, 0.15) is 11.5 Å². The highest BCUT2D eigenvalue weighted by atomic mass is 35.5. The summed E-state index contributed by atoms with van der Waals surface area (Å²) in [5.41, 5.74) is 1.03. The molecule has 1 N–H and O–H groups in total. The highest BCUT2D eigenvalue weighted by Gasteiger charge is 2.11. The molecule has 0 aliphatic carbocycles. The Hall–Kier alpha value is -1.51. The normalized spacial score (nSPS) is 12.1. The summed E-state index contributed by atoms with van der Waals surface area (Å²) in [5, 5.41) is 10.1. The molecule has 0 fully saturated rings. The van der Waals surface area contributed by atoms with Crippen molar-refractivity contribution in [1.82, 2.24) is 0 Å². The second kappa shape index (κ2) is 6.43. The van der Waals surface area contributed by atoms with Crippen molar-refractivity contribution in [3.05, 3.63) is 65.2 Å². The Kier molecular flexibility index (Phi) is 4.62. The van der Waals surface area contributed by atoms with Gasteiger partial charge in [0.15, 0.2) is 0 Å². The third kappa shape index (κ3) is 3.49. The number of ether oxygens (including phenoxy) is 1. The van der Waals surface area contributed by atoms with Crippen LogP contribution in [0.5, 0.6) is 5.75 Å². The number of halogens is 1. The zero-order valence-electron chi connectivity index (χ0n) is 9.92. The molecule has 0 amide bonds. The molecular weight excluding hydrogens is 248 g/mol. The van der Waals surface area contributed by atoms with Gasteiger partial charge in [-0.15, -0.1) is 0 Å². The van der Waals surface area contributed by atoms with Gasteiger partial charge in [0.05, 0.1) is 13.2 Å². The van der Waals surface area contributed by atoms with E-state index in [1.54, 1.807) is 0 Å². The molecule has 1 unspecified atom stereocenters. The smallest absolute Gasteiger partial charge is 0.119 e. The van der Waals surface area contributed by atoms with E-state index in [2.05, 4.69) is 0 Å². The van der Waals surface area contributed by atoms with Crippen molar-refractivity contribution in [3.8, 4) is 5.75 Å². The Balaban J connectivity index is 1.99. The van der Waals surface area contributed by atoms with E-state index in [1.807, 2.05) is 54.6 Å². The van der Waals surface area contributed by atoms with Gasteiger partial charge in [0.25, 0.3) is 0 Å². The first-order valence-electron chi connectivity index (χ1n) is 5.84. The molecule has 0 saturated carbocycles. The second-order valence-corrected chi connectivity index (χ2v) is 4.49. The largest absolute Gasteiger partial charge is 0.493 e. The summed E-state index contributed by atoms with van der Waals surface area (Å²) in [6.45, 7) is 0.497. The fourth-order valence-corrected chi connectivity index (χ4v) is 1.83. The number of hydrogen-bond acceptors (Lipinski definition) is 2. The molecule has 0 aliphatic heterocycles. The molecule has 0 bridgehead atoms. The first kappa shape index (κ1) is 12.9. The van der Waals surface area contributed by atoms with E-state index in [0.29, 0.717) is 11.6 Å². The van der Waals surface area contributed by atoms with Crippen LogP contribution in [0.2, 0.25) is 5.02 Å². The number of benzene rings is 2. The minimum atomic E-state index is -0.0394. The van der Waals surface area contributed by atoms with Crippen LogP contribution in [0.25, 0.3) is 0 Å². The lowest BCUT2D eigenvalue weighted by Crippen LogP contribution is -2.14. The summed E-state index contributed by atoms with van der Waals surface area (Å²) in [4.78, 5) is 0. The number of para-hydroxylation sites is 1. The molecule has 0 aliphatic rings. The van der Waals surface area contributed by atoms with Crippen molar-refractivity contribution in [2.75, 3.05) is 13.2 Å². The molecule has 1 atom stereocenters. The van der Waals surface area contributed by atoms with Gasteiger partial charge < -0.3 is 9.84 Å². The van der Waals surface area contributed by atoms with E-state index in [1.165, 1.54) is 0 Å². The van der Waals surface area contributed by atoms with E-state index in [9.17, 15) is 5.11 Å². The quantitative estimate of drug-likeness (QED) is 0.894. The van der Waals surface area contributed by atoms with Crippen molar-refractivity contribution < 1.29 is 9.84 Å². The van der Waals surface area contributed by atoms with Crippen molar-refractivity contribution >= 4 is 11.6 Å². The number of aliphatic hydroxyl groups is 1. The van der Waals surface area contributed by atoms with E-state index in [-0.39, 0.29) is 12.5 Å². The molecule has 2 aromatic carbocycles. The Morgan fingerprint density at radius 2 is 1.67 bits per heavy atom. The minimum Gasteiger partial charge on any atom is -0.493 e. The average Bonchev–Trinajstić information content (AvgIpc) is 2.42. The lowest BCUT2D eigenvalue weighted by atomic mass is 10.0. The predicted octanol–water partition coefficient (Wildman–Crippen LogP) is 3.49. The van der Waals surface area contributed by atoms with Crippen molar-refractivity contribution in [3.63, 3.8) is 0 Å². The summed E-state index contributed by atoms with van der Waals surface area (Å²) in [7, 11) is 0. The maximum atomic E-state index is 9.41. The van der Waals surface area contributed by atoms with Gasteiger partial charge in [-0.25, -0.2) is 0 Å². The van der Waals surface area contributed by atoms with Crippen LogP contribution >= 0.6 is 11.6 Å². The van der Waals surface area contributed by atoms with Gasteiger partial charge >= 0.3 is 0 Å². The summed E-state index contributed by atoms with van der Waals surface area (Å²) in [5.74, 6) is 0.771. The van der Waals surface area contributed by atoms with Crippen LogP contribution in [0.15, 0.2) is 54.6 Å². The molecule has 0 heterocycles. The lowest BCUT2D eigenvalue weighted by Gasteiger charge is -2.15. The predicted molar refractivity (Wildman–Crippen MR) is 73.2 cm³/mol. The Bertz CT molecular complexity index is 468. The molecule has 2 nitrogen and oxygen atoms in total. The highest BCUT2D eigenvalue weighted by Crippen LogP contribution is 2.20. The minimum absolute atomic E-state index is 0.0394. The summed E-state index contributed by atoms with van der Waals surface area (Å²) in [6, 6.07) is 17.1. The number of hydrogen-bond donors (Lipinski definition) is 1. The van der Waals surface area contributed by atoms with Crippen LogP contribution in [-0.4, -0.2) is 18.3 Å². The van der Waals surface area contributed by atoms with Crippen molar-refractivity contribution in [2.24, 2.45) is 0 Å². The van der Waals surface area contributed by atoms with Gasteiger partial charge in [0.2, 0.25) is 0 Å². The maximum absolute atomic E-state index is 9.41. The maximum Gasteiger partial charge on any atom is 0.119 e. The molecule has 3 heteroatoms. The molecule has 0 saturated heterocycles. The van der Waals surface area contributed by atoms with Crippen LogP contribution < -0.4 is 4.74 Å². The summed E-state index contributed by atoms with van der Waals surface area (Å²) < 4.78 is 5.65.